The second-order valence-corrected chi connectivity index (χ2v) is 6.02. The molecule has 4 heteroatoms. The molecule has 0 saturated carbocycles. The van der Waals surface area contributed by atoms with Crippen molar-refractivity contribution in [1.29, 1.82) is 5.26 Å². The van der Waals surface area contributed by atoms with E-state index in [0.29, 0.717) is 5.56 Å². The highest BCUT2D eigenvalue weighted by Gasteiger charge is 2.20. The smallest absolute Gasteiger partial charge is 0.142 e. The molecular weight excluding hydrogens is 350 g/mol. The van der Waals surface area contributed by atoms with Crippen molar-refractivity contribution in [2.24, 2.45) is 0 Å². The van der Waals surface area contributed by atoms with Gasteiger partial charge in [0.25, 0.3) is 0 Å². The Morgan fingerprint density at radius 3 is 2.30 bits per heavy atom. The van der Waals surface area contributed by atoms with Crippen molar-refractivity contribution in [3.8, 4) is 28.3 Å². The summed E-state index contributed by atoms with van der Waals surface area (Å²) < 4.78 is 0.915. The molecule has 0 saturated heterocycles. The number of pyridine rings is 1. The molecule has 2 N–H and O–H groups in total. The Morgan fingerprint density at radius 2 is 1.65 bits per heavy atom. The van der Waals surface area contributed by atoms with E-state index >= 15 is 0 Å². The van der Waals surface area contributed by atoms with Gasteiger partial charge in [0.15, 0.2) is 0 Å². The van der Waals surface area contributed by atoms with Gasteiger partial charge in [-0.1, -0.05) is 64.5 Å². The predicted octanol–water partition coefficient (Wildman–Crippen LogP) is 4.94. The average Bonchev–Trinajstić information content (AvgIpc) is 2.55. The lowest BCUT2D eigenvalue weighted by molar-refractivity contribution is 1.20. The number of rotatable bonds is 2. The zero-order valence-electron chi connectivity index (χ0n) is 12.5. The molecule has 112 valence electrons. The zero-order chi connectivity index (χ0) is 16.4. The molecule has 0 aliphatic carbocycles. The zero-order valence-corrected chi connectivity index (χ0v) is 14.1. The van der Waals surface area contributed by atoms with Crippen LogP contribution in [0.4, 0.5) is 5.82 Å². The van der Waals surface area contributed by atoms with Crippen LogP contribution in [0.5, 0.6) is 0 Å². The van der Waals surface area contributed by atoms with Gasteiger partial charge < -0.3 is 5.73 Å². The summed E-state index contributed by atoms with van der Waals surface area (Å²) in [6.07, 6.45) is 0. The first kappa shape index (κ1) is 15.3. The lowest BCUT2D eigenvalue weighted by atomic mass is 9.90. The molecule has 0 bridgehead atoms. The van der Waals surface area contributed by atoms with Crippen LogP contribution in [0.15, 0.2) is 59.1 Å². The van der Waals surface area contributed by atoms with Gasteiger partial charge in [0.1, 0.15) is 17.5 Å². The molecule has 0 aliphatic heterocycles. The standard InChI is InChI=1S/C19H14BrN3/c1-12-17(13-7-3-2-4-8-13)18(15(11-21)19(22)23-12)14-9-5-6-10-16(14)20/h2-10H,1H3,(H2,22,23). The van der Waals surface area contributed by atoms with Crippen LogP contribution in [0.25, 0.3) is 22.3 Å². The number of hydrogen-bond acceptors (Lipinski definition) is 3. The highest BCUT2D eigenvalue weighted by molar-refractivity contribution is 9.10. The predicted molar refractivity (Wildman–Crippen MR) is 96.7 cm³/mol. The van der Waals surface area contributed by atoms with Gasteiger partial charge >= 0.3 is 0 Å². The minimum absolute atomic E-state index is 0.260. The van der Waals surface area contributed by atoms with Gasteiger partial charge in [-0.2, -0.15) is 5.26 Å². The lowest BCUT2D eigenvalue weighted by Crippen LogP contribution is -2.03. The van der Waals surface area contributed by atoms with Crippen molar-refractivity contribution in [3.05, 3.63) is 70.3 Å². The number of nitriles is 1. The molecule has 3 aromatic rings. The molecule has 1 heterocycles. The van der Waals surface area contributed by atoms with Crippen LogP contribution < -0.4 is 5.73 Å². The van der Waals surface area contributed by atoms with E-state index in [0.717, 1.165) is 32.4 Å². The van der Waals surface area contributed by atoms with Crippen LogP contribution in [0, 0.1) is 18.3 Å². The quantitative estimate of drug-likeness (QED) is 0.701. The maximum atomic E-state index is 9.63. The van der Waals surface area contributed by atoms with Gasteiger partial charge in [-0.15, -0.1) is 0 Å². The number of halogens is 1. The Bertz CT molecular complexity index is 912. The third-order valence-corrected chi connectivity index (χ3v) is 4.42. The third-order valence-electron chi connectivity index (χ3n) is 3.72. The molecule has 0 atom stereocenters. The van der Waals surface area contributed by atoms with E-state index in [1.54, 1.807) is 0 Å². The van der Waals surface area contributed by atoms with E-state index in [-0.39, 0.29) is 5.82 Å². The minimum atomic E-state index is 0.260. The first-order valence-electron chi connectivity index (χ1n) is 7.14. The van der Waals surface area contributed by atoms with Crippen LogP contribution in [0.3, 0.4) is 0 Å². The molecule has 0 fully saturated rings. The number of nitrogen functional groups attached to an aromatic ring is 1. The number of benzene rings is 2. The number of anilines is 1. The van der Waals surface area contributed by atoms with E-state index in [4.69, 9.17) is 5.73 Å². The number of aryl methyl sites for hydroxylation is 1. The van der Waals surface area contributed by atoms with Crippen molar-refractivity contribution >= 4 is 21.7 Å². The highest BCUT2D eigenvalue weighted by atomic mass is 79.9. The maximum absolute atomic E-state index is 9.63. The third kappa shape index (κ3) is 2.71. The fourth-order valence-electron chi connectivity index (χ4n) is 2.73. The van der Waals surface area contributed by atoms with Crippen LogP contribution in [-0.4, -0.2) is 4.98 Å². The minimum Gasteiger partial charge on any atom is -0.383 e. The molecule has 23 heavy (non-hydrogen) atoms. The summed E-state index contributed by atoms with van der Waals surface area (Å²) in [5.41, 5.74) is 10.9. The second-order valence-electron chi connectivity index (χ2n) is 5.17. The van der Waals surface area contributed by atoms with E-state index in [1.165, 1.54) is 0 Å². The highest BCUT2D eigenvalue weighted by Crippen LogP contribution is 2.41. The fourth-order valence-corrected chi connectivity index (χ4v) is 3.21. The Balaban J connectivity index is 2.46. The Labute approximate surface area is 143 Å². The Morgan fingerprint density at radius 1 is 1.00 bits per heavy atom. The summed E-state index contributed by atoms with van der Waals surface area (Å²) in [4.78, 5) is 4.38. The van der Waals surface area contributed by atoms with Gasteiger partial charge in [0.2, 0.25) is 0 Å². The first-order valence-corrected chi connectivity index (χ1v) is 7.93. The molecule has 0 amide bonds. The molecule has 0 aliphatic rings. The van der Waals surface area contributed by atoms with Crippen molar-refractivity contribution in [1.82, 2.24) is 4.98 Å². The summed E-state index contributed by atoms with van der Waals surface area (Å²) in [5.74, 6) is 0.260. The van der Waals surface area contributed by atoms with E-state index < -0.39 is 0 Å². The number of nitrogens with two attached hydrogens (primary N) is 1. The number of nitrogens with zero attached hydrogens (tertiary/aromatic N) is 2. The summed E-state index contributed by atoms with van der Waals surface area (Å²) in [6.45, 7) is 1.92. The molecule has 3 rings (SSSR count). The second kappa shape index (κ2) is 6.23. The van der Waals surface area contributed by atoms with E-state index in [2.05, 4.69) is 27.0 Å². The average molecular weight is 364 g/mol. The van der Waals surface area contributed by atoms with Crippen LogP contribution in [0.1, 0.15) is 11.3 Å². The summed E-state index contributed by atoms with van der Waals surface area (Å²) in [7, 11) is 0. The van der Waals surface area contributed by atoms with Gasteiger partial charge in [-0.05, 0) is 24.1 Å². The van der Waals surface area contributed by atoms with E-state index in [1.807, 2.05) is 61.5 Å². The molecule has 0 radical (unpaired) electrons. The monoisotopic (exact) mass is 363 g/mol. The Hall–Kier alpha value is -2.64. The summed E-state index contributed by atoms with van der Waals surface area (Å²) >= 11 is 3.58. The van der Waals surface area contributed by atoms with Crippen molar-refractivity contribution in [2.45, 2.75) is 6.92 Å². The van der Waals surface area contributed by atoms with Crippen LogP contribution >= 0.6 is 15.9 Å². The number of aromatic nitrogens is 1. The van der Waals surface area contributed by atoms with Gasteiger partial charge in [-0.3, -0.25) is 0 Å². The summed E-state index contributed by atoms with van der Waals surface area (Å²) in [6, 6.07) is 20.0. The van der Waals surface area contributed by atoms with Crippen LogP contribution in [0.2, 0.25) is 0 Å². The van der Waals surface area contributed by atoms with Gasteiger partial charge in [0, 0.05) is 21.3 Å². The molecule has 3 nitrogen and oxygen atoms in total. The Kier molecular flexibility index (Phi) is 4.14. The maximum Gasteiger partial charge on any atom is 0.142 e. The van der Waals surface area contributed by atoms with E-state index in [9.17, 15) is 5.26 Å². The van der Waals surface area contributed by atoms with Crippen molar-refractivity contribution in [2.75, 3.05) is 5.73 Å². The molecule has 1 aromatic heterocycles. The number of hydrogen-bond donors (Lipinski definition) is 1. The largest absolute Gasteiger partial charge is 0.383 e. The SMILES string of the molecule is Cc1nc(N)c(C#N)c(-c2ccccc2Br)c1-c1ccccc1. The van der Waals surface area contributed by atoms with Crippen LogP contribution in [-0.2, 0) is 0 Å². The van der Waals surface area contributed by atoms with Gasteiger partial charge in [-0.25, -0.2) is 4.98 Å². The molecule has 0 unspecified atom stereocenters. The fraction of sp³-hybridized carbons (Fsp3) is 0.0526. The normalized spacial score (nSPS) is 10.3. The molecular formula is C19H14BrN3. The molecule has 0 spiro atoms. The molecule has 2 aromatic carbocycles. The lowest BCUT2D eigenvalue weighted by Gasteiger charge is -2.17. The van der Waals surface area contributed by atoms with Crippen molar-refractivity contribution in [3.63, 3.8) is 0 Å². The first-order chi connectivity index (χ1) is 11.1. The summed E-state index contributed by atoms with van der Waals surface area (Å²) in [5, 5.41) is 9.63. The van der Waals surface area contributed by atoms with Gasteiger partial charge in [0.05, 0.1) is 0 Å². The topological polar surface area (TPSA) is 62.7 Å². The van der Waals surface area contributed by atoms with Crippen molar-refractivity contribution < 1.29 is 0 Å².